The fraction of sp³-hybridized carbons (Fsp3) is 0.381. The van der Waals surface area contributed by atoms with Crippen LogP contribution in [0.5, 0.6) is 5.75 Å². The van der Waals surface area contributed by atoms with Crippen LogP contribution >= 0.6 is 0 Å². The molecule has 2 fully saturated rings. The maximum atomic E-state index is 15.2. The number of halogens is 1. The summed E-state index contributed by atoms with van der Waals surface area (Å²) in [5.41, 5.74) is 1.30. The van der Waals surface area contributed by atoms with E-state index in [9.17, 15) is 9.59 Å². The summed E-state index contributed by atoms with van der Waals surface area (Å²) in [6, 6.07) is 3.96. The highest BCUT2D eigenvalue weighted by Crippen LogP contribution is 2.45. The van der Waals surface area contributed by atoms with Crippen molar-refractivity contribution >= 4 is 11.2 Å². The van der Waals surface area contributed by atoms with Crippen LogP contribution in [0.25, 0.3) is 5.52 Å². The molecule has 0 spiro atoms. The van der Waals surface area contributed by atoms with E-state index < -0.39 is 17.1 Å². The summed E-state index contributed by atoms with van der Waals surface area (Å²) in [6.07, 6.45) is 7.30. The Labute approximate surface area is 165 Å². The second kappa shape index (κ2) is 6.72. The molecule has 150 valence electrons. The van der Waals surface area contributed by atoms with Gasteiger partial charge in [-0.2, -0.15) is 0 Å². The third kappa shape index (κ3) is 2.90. The lowest BCUT2D eigenvalue weighted by Gasteiger charge is -2.24. The van der Waals surface area contributed by atoms with Crippen molar-refractivity contribution < 1.29 is 9.13 Å². The van der Waals surface area contributed by atoms with Gasteiger partial charge >= 0.3 is 5.69 Å². The molecular weight excluding hydrogens is 375 g/mol. The highest BCUT2D eigenvalue weighted by molar-refractivity contribution is 5.78. The van der Waals surface area contributed by atoms with Gasteiger partial charge in [-0.25, -0.2) is 9.18 Å². The lowest BCUT2D eigenvalue weighted by Crippen LogP contribution is -2.30. The minimum Gasteiger partial charge on any atom is -0.492 e. The van der Waals surface area contributed by atoms with Gasteiger partial charge in [-0.15, -0.1) is 0 Å². The average molecular weight is 396 g/mol. The first-order valence-electron chi connectivity index (χ1n) is 9.78. The van der Waals surface area contributed by atoms with Crippen LogP contribution in [-0.2, 0) is 0 Å². The largest absolute Gasteiger partial charge is 0.492 e. The molecule has 1 N–H and O–H groups in total. The van der Waals surface area contributed by atoms with Gasteiger partial charge in [0.15, 0.2) is 11.6 Å². The molecule has 0 radical (unpaired) electrons. The number of fused-ring (bicyclic) bond motifs is 1. The van der Waals surface area contributed by atoms with E-state index in [4.69, 9.17) is 4.74 Å². The van der Waals surface area contributed by atoms with Crippen LogP contribution < -0.4 is 20.9 Å². The Balaban J connectivity index is 1.67. The monoisotopic (exact) mass is 396 g/mol. The predicted molar refractivity (Wildman–Crippen MR) is 107 cm³/mol. The first-order valence-corrected chi connectivity index (χ1v) is 9.78. The number of methoxy groups -OCH3 is 1. The Morgan fingerprint density at radius 1 is 1.17 bits per heavy atom. The minimum absolute atomic E-state index is 0.0738. The van der Waals surface area contributed by atoms with E-state index in [0.717, 1.165) is 31.0 Å². The zero-order valence-electron chi connectivity index (χ0n) is 16.0. The molecule has 7 nitrogen and oxygen atoms in total. The molecule has 1 atom stereocenters. The smallest absolute Gasteiger partial charge is 0.333 e. The highest BCUT2D eigenvalue weighted by Gasteiger charge is 2.34. The Morgan fingerprint density at radius 3 is 2.62 bits per heavy atom. The van der Waals surface area contributed by atoms with Crippen LogP contribution in [0.3, 0.4) is 0 Å². The van der Waals surface area contributed by atoms with Gasteiger partial charge in [0.05, 0.1) is 13.3 Å². The normalized spacial score (nSPS) is 19.1. The summed E-state index contributed by atoms with van der Waals surface area (Å²) in [5.74, 6) is 0.0402. The van der Waals surface area contributed by atoms with E-state index in [1.54, 1.807) is 12.4 Å². The van der Waals surface area contributed by atoms with Crippen molar-refractivity contribution in [3.63, 3.8) is 0 Å². The van der Waals surface area contributed by atoms with Gasteiger partial charge in [-0.3, -0.25) is 19.2 Å². The predicted octanol–water partition coefficient (Wildman–Crippen LogP) is 2.40. The van der Waals surface area contributed by atoms with E-state index in [1.165, 1.54) is 11.5 Å². The van der Waals surface area contributed by atoms with Gasteiger partial charge in [-0.05, 0) is 42.9 Å². The number of H-pyrrole nitrogens is 1. The SMILES string of the molecule is COc1c(N2CCC(c3ccncc3)C2)c(F)cn2c(=O)[nH]c(=O)c(C3CC3)c12. The third-order valence-corrected chi connectivity index (χ3v) is 5.95. The average Bonchev–Trinajstić information content (AvgIpc) is 3.44. The second-order valence-corrected chi connectivity index (χ2v) is 7.74. The number of nitrogens with one attached hydrogen (secondary N) is 1. The van der Waals surface area contributed by atoms with Crippen molar-refractivity contribution in [1.82, 2.24) is 14.4 Å². The summed E-state index contributed by atoms with van der Waals surface area (Å²) in [5, 5.41) is 0. The van der Waals surface area contributed by atoms with Crippen molar-refractivity contribution in [2.24, 2.45) is 0 Å². The summed E-state index contributed by atoms with van der Waals surface area (Å²) in [6.45, 7) is 1.28. The van der Waals surface area contributed by atoms with Gasteiger partial charge in [0.25, 0.3) is 5.56 Å². The fourth-order valence-electron chi connectivity index (χ4n) is 4.42. The first kappa shape index (κ1) is 17.9. The van der Waals surface area contributed by atoms with E-state index in [0.29, 0.717) is 29.9 Å². The van der Waals surface area contributed by atoms with E-state index in [2.05, 4.69) is 9.97 Å². The standard InChI is InChI=1S/C21H21FN4O3/c1-29-19-17(25-9-6-14(10-25)12-4-7-23-8-5-12)15(22)11-26-18(19)16(13-2-3-13)20(27)24-21(26)28/h4-5,7-8,11,13-14H,2-3,6,9-10H2,1H3,(H,24,27,28). The number of ether oxygens (including phenoxy) is 1. The summed E-state index contributed by atoms with van der Waals surface area (Å²) in [4.78, 5) is 33.2. The molecule has 29 heavy (non-hydrogen) atoms. The molecule has 0 aromatic carbocycles. The minimum atomic E-state index is -0.658. The van der Waals surface area contributed by atoms with Crippen molar-refractivity contribution in [2.75, 3.05) is 25.1 Å². The van der Waals surface area contributed by atoms with Crippen molar-refractivity contribution in [3.8, 4) is 5.75 Å². The van der Waals surface area contributed by atoms with Gasteiger partial charge in [-0.1, -0.05) is 0 Å². The molecule has 1 aliphatic heterocycles. The molecule has 1 saturated carbocycles. The third-order valence-electron chi connectivity index (χ3n) is 5.95. The van der Waals surface area contributed by atoms with Crippen molar-refractivity contribution in [2.45, 2.75) is 31.1 Å². The molecule has 3 aromatic heterocycles. The number of hydrogen-bond acceptors (Lipinski definition) is 5. The highest BCUT2D eigenvalue weighted by atomic mass is 19.1. The number of nitrogens with zero attached hydrogens (tertiary/aromatic N) is 3. The second-order valence-electron chi connectivity index (χ2n) is 7.74. The number of rotatable bonds is 4. The van der Waals surface area contributed by atoms with Gasteiger partial charge in [0.1, 0.15) is 11.2 Å². The molecule has 1 unspecified atom stereocenters. The quantitative estimate of drug-likeness (QED) is 0.733. The van der Waals surface area contributed by atoms with Gasteiger partial charge in [0, 0.05) is 37.0 Å². The Bertz CT molecular complexity index is 1200. The van der Waals surface area contributed by atoms with Crippen LogP contribution in [0.1, 0.15) is 42.2 Å². The zero-order valence-corrected chi connectivity index (χ0v) is 16.0. The fourth-order valence-corrected chi connectivity index (χ4v) is 4.42. The van der Waals surface area contributed by atoms with Crippen molar-refractivity contribution in [3.05, 3.63) is 68.5 Å². The summed E-state index contributed by atoms with van der Waals surface area (Å²) < 4.78 is 22.0. The van der Waals surface area contributed by atoms with Gasteiger partial charge < -0.3 is 9.64 Å². The number of hydrogen-bond donors (Lipinski definition) is 1. The van der Waals surface area contributed by atoms with Crippen LogP contribution in [0.2, 0.25) is 0 Å². The molecule has 8 heteroatoms. The molecule has 3 aromatic rings. The zero-order chi connectivity index (χ0) is 20.1. The number of aromatic nitrogens is 3. The molecule has 0 bridgehead atoms. The summed E-state index contributed by atoms with van der Waals surface area (Å²) in [7, 11) is 1.46. The molecule has 2 aliphatic rings. The lowest BCUT2D eigenvalue weighted by atomic mass is 10.00. The molecule has 4 heterocycles. The van der Waals surface area contributed by atoms with Crippen molar-refractivity contribution in [1.29, 1.82) is 0 Å². The Kier molecular flexibility index (Phi) is 4.15. The Morgan fingerprint density at radius 2 is 1.93 bits per heavy atom. The van der Waals surface area contributed by atoms with Crippen LogP contribution in [-0.4, -0.2) is 34.6 Å². The maximum absolute atomic E-state index is 15.2. The molecule has 1 saturated heterocycles. The summed E-state index contributed by atoms with van der Waals surface area (Å²) >= 11 is 0. The number of pyridine rings is 2. The van der Waals surface area contributed by atoms with E-state index in [1.807, 2.05) is 17.0 Å². The van der Waals surface area contributed by atoms with E-state index >= 15 is 4.39 Å². The molecule has 1 aliphatic carbocycles. The number of anilines is 1. The topological polar surface area (TPSA) is 79.7 Å². The van der Waals surface area contributed by atoms with Crippen LogP contribution in [0.4, 0.5) is 10.1 Å². The van der Waals surface area contributed by atoms with E-state index in [-0.39, 0.29) is 17.6 Å². The molecular formula is C21H21FN4O3. The van der Waals surface area contributed by atoms with Crippen LogP contribution in [0, 0.1) is 5.82 Å². The number of aromatic amines is 1. The lowest BCUT2D eigenvalue weighted by molar-refractivity contribution is 0.413. The maximum Gasteiger partial charge on any atom is 0.333 e. The van der Waals surface area contributed by atoms with Gasteiger partial charge in [0.2, 0.25) is 0 Å². The Hall–Kier alpha value is -3.16. The van der Waals surface area contributed by atoms with Crippen LogP contribution in [0.15, 0.2) is 40.3 Å². The molecule has 0 amide bonds. The molecule has 5 rings (SSSR count). The first-order chi connectivity index (χ1) is 14.1.